The largest absolute Gasteiger partial charge is 0.421 e. The second-order valence-electron chi connectivity index (χ2n) is 7.15. The Morgan fingerprint density at radius 2 is 2.00 bits per heavy atom. The highest BCUT2D eigenvalue weighted by atomic mass is 35.7. The van der Waals surface area contributed by atoms with Crippen molar-refractivity contribution in [3.63, 3.8) is 0 Å². The Balaban J connectivity index is 1.95. The fourth-order valence-electron chi connectivity index (χ4n) is 3.33. The molecular formula is C18H18ClF5N4O2S. The summed E-state index contributed by atoms with van der Waals surface area (Å²) in [7, 11) is 1.36. The topological polar surface area (TPSA) is 75.2 Å². The summed E-state index contributed by atoms with van der Waals surface area (Å²) in [5.74, 6) is -1.71. The number of piperidine rings is 1. The third-order valence-electron chi connectivity index (χ3n) is 4.91. The van der Waals surface area contributed by atoms with Gasteiger partial charge in [-0.25, -0.2) is 22.2 Å². The Morgan fingerprint density at radius 1 is 1.29 bits per heavy atom. The van der Waals surface area contributed by atoms with E-state index in [1.165, 1.54) is 23.1 Å². The van der Waals surface area contributed by atoms with E-state index < -0.39 is 39.0 Å². The SMILES string of the molecule is Cc1cc(S(=O)(=O)Cl)ccc1Nc1ncc(C(F)(F)F)c(N2CCC[C@@H](C(F)F)C2)n1. The van der Waals surface area contributed by atoms with Crippen molar-refractivity contribution in [2.45, 2.75) is 37.3 Å². The third-order valence-corrected chi connectivity index (χ3v) is 6.27. The van der Waals surface area contributed by atoms with E-state index in [2.05, 4.69) is 15.3 Å². The minimum Gasteiger partial charge on any atom is -0.355 e. The van der Waals surface area contributed by atoms with E-state index >= 15 is 0 Å². The average molecular weight is 485 g/mol. The molecule has 0 bridgehead atoms. The van der Waals surface area contributed by atoms with Crippen LogP contribution in [0.25, 0.3) is 0 Å². The summed E-state index contributed by atoms with van der Waals surface area (Å²) in [6, 6.07) is 3.88. The van der Waals surface area contributed by atoms with Crippen molar-refractivity contribution < 1.29 is 30.4 Å². The van der Waals surface area contributed by atoms with Crippen molar-refractivity contribution in [2.24, 2.45) is 5.92 Å². The van der Waals surface area contributed by atoms with Crippen molar-refractivity contribution in [1.29, 1.82) is 0 Å². The zero-order valence-corrected chi connectivity index (χ0v) is 17.7. The first-order valence-electron chi connectivity index (χ1n) is 9.16. The molecule has 0 radical (unpaired) electrons. The maximum atomic E-state index is 13.5. The number of halogens is 6. The number of nitrogens with one attached hydrogen (secondary N) is 1. The van der Waals surface area contributed by atoms with Gasteiger partial charge in [0.05, 0.1) is 4.90 Å². The Morgan fingerprint density at radius 3 is 2.58 bits per heavy atom. The number of benzene rings is 1. The number of hydrogen-bond acceptors (Lipinski definition) is 6. The normalized spacial score (nSPS) is 17.8. The molecule has 1 saturated heterocycles. The van der Waals surface area contributed by atoms with Gasteiger partial charge in [-0.05, 0) is 43.5 Å². The Hall–Kier alpha value is -2.21. The number of anilines is 3. The molecule has 3 rings (SSSR count). The molecule has 170 valence electrons. The molecule has 6 nitrogen and oxygen atoms in total. The molecule has 2 heterocycles. The van der Waals surface area contributed by atoms with Crippen LogP contribution in [0.3, 0.4) is 0 Å². The number of aromatic nitrogens is 2. The Kier molecular flexibility index (Phi) is 6.61. The summed E-state index contributed by atoms with van der Waals surface area (Å²) in [5, 5.41) is 2.74. The standard InChI is InChI=1S/C18H18ClF5N4O2S/c1-10-7-12(31(19,29)30)4-5-14(10)26-17-25-8-13(18(22,23)24)16(27-17)28-6-2-3-11(9-28)15(20)21/h4-5,7-8,11,15H,2-3,6,9H2,1H3,(H,25,26,27)/t11-/m1/s1. The first-order chi connectivity index (χ1) is 14.4. The monoisotopic (exact) mass is 484 g/mol. The summed E-state index contributed by atoms with van der Waals surface area (Å²) in [6.07, 6.45) is -6.27. The summed E-state index contributed by atoms with van der Waals surface area (Å²) >= 11 is 0. The van der Waals surface area contributed by atoms with Crippen LogP contribution in [0.2, 0.25) is 0 Å². The van der Waals surface area contributed by atoms with Crippen LogP contribution in [0, 0.1) is 12.8 Å². The summed E-state index contributed by atoms with van der Waals surface area (Å²) in [6.45, 7) is 1.47. The molecule has 1 aliphatic rings. The van der Waals surface area contributed by atoms with E-state index in [4.69, 9.17) is 10.7 Å². The molecule has 1 atom stereocenters. The lowest BCUT2D eigenvalue weighted by molar-refractivity contribution is -0.137. The van der Waals surface area contributed by atoms with Crippen molar-refractivity contribution in [1.82, 2.24) is 9.97 Å². The van der Waals surface area contributed by atoms with Crippen molar-refractivity contribution in [3.8, 4) is 0 Å². The number of aryl methyl sites for hydroxylation is 1. The van der Waals surface area contributed by atoms with Gasteiger partial charge in [-0.1, -0.05) is 0 Å². The molecule has 1 aliphatic heterocycles. The molecule has 1 N–H and O–H groups in total. The van der Waals surface area contributed by atoms with Crippen LogP contribution in [0.5, 0.6) is 0 Å². The van der Waals surface area contributed by atoms with Gasteiger partial charge in [-0.15, -0.1) is 0 Å². The van der Waals surface area contributed by atoms with Gasteiger partial charge in [0.2, 0.25) is 12.4 Å². The number of nitrogens with zero attached hydrogens (tertiary/aromatic N) is 3. The molecule has 2 aromatic rings. The number of alkyl halides is 5. The first kappa shape index (κ1) is 23.5. The highest BCUT2D eigenvalue weighted by Gasteiger charge is 2.38. The van der Waals surface area contributed by atoms with Gasteiger partial charge in [0.25, 0.3) is 9.05 Å². The molecule has 0 unspecified atom stereocenters. The molecule has 1 aromatic heterocycles. The van der Waals surface area contributed by atoms with Crippen LogP contribution in [-0.4, -0.2) is 37.9 Å². The lowest BCUT2D eigenvalue weighted by Gasteiger charge is -2.34. The summed E-state index contributed by atoms with van der Waals surface area (Å²) in [4.78, 5) is 8.72. The predicted molar refractivity (Wildman–Crippen MR) is 105 cm³/mol. The summed E-state index contributed by atoms with van der Waals surface area (Å²) in [5.41, 5.74) is -0.338. The van der Waals surface area contributed by atoms with E-state index in [0.717, 1.165) is 0 Å². The minimum atomic E-state index is -4.77. The fraction of sp³-hybridized carbons (Fsp3) is 0.444. The van der Waals surface area contributed by atoms with Gasteiger partial charge in [0.1, 0.15) is 11.4 Å². The van der Waals surface area contributed by atoms with Crippen molar-refractivity contribution in [2.75, 3.05) is 23.3 Å². The molecule has 0 spiro atoms. The van der Waals surface area contributed by atoms with Crippen LogP contribution in [0.15, 0.2) is 29.3 Å². The molecule has 13 heteroatoms. The van der Waals surface area contributed by atoms with Gasteiger partial charge in [-0.3, -0.25) is 0 Å². The first-order valence-corrected chi connectivity index (χ1v) is 11.5. The maximum absolute atomic E-state index is 13.5. The molecule has 0 amide bonds. The van der Waals surface area contributed by atoms with E-state index in [0.29, 0.717) is 23.9 Å². The second kappa shape index (κ2) is 8.73. The average Bonchev–Trinajstić information content (AvgIpc) is 2.68. The lowest BCUT2D eigenvalue weighted by atomic mass is 9.98. The molecule has 0 aliphatic carbocycles. The molecule has 1 aromatic carbocycles. The Labute approximate surface area is 179 Å². The van der Waals surface area contributed by atoms with Gasteiger partial charge in [-0.2, -0.15) is 18.2 Å². The quantitative estimate of drug-likeness (QED) is 0.478. The second-order valence-corrected chi connectivity index (χ2v) is 9.72. The van der Waals surface area contributed by atoms with Gasteiger partial charge in [0, 0.05) is 41.6 Å². The highest BCUT2D eigenvalue weighted by molar-refractivity contribution is 8.13. The van der Waals surface area contributed by atoms with Gasteiger partial charge in [0.15, 0.2) is 0 Å². The molecular weight excluding hydrogens is 467 g/mol. The zero-order chi connectivity index (χ0) is 23.0. The van der Waals surface area contributed by atoms with Crippen molar-refractivity contribution >= 4 is 37.2 Å². The lowest BCUT2D eigenvalue weighted by Crippen LogP contribution is -2.39. The zero-order valence-electron chi connectivity index (χ0n) is 16.1. The smallest absolute Gasteiger partial charge is 0.355 e. The fourth-order valence-corrected chi connectivity index (χ4v) is 4.17. The number of rotatable bonds is 5. The van der Waals surface area contributed by atoms with Gasteiger partial charge < -0.3 is 10.2 Å². The molecule has 1 fully saturated rings. The highest BCUT2D eigenvalue weighted by Crippen LogP contribution is 2.38. The molecule has 31 heavy (non-hydrogen) atoms. The van der Waals surface area contributed by atoms with Crippen LogP contribution < -0.4 is 10.2 Å². The van der Waals surface area contributed by atoms with Crippen LogP contribution >= 0.6 is 10.7 Å². The van der Waals surface area contributed by atoms with Crippen LogP contribution in [0.4, 0.5) is 39.4 Å². The van der Waals surface area contributed by atoms with Crippen LogP contribution in [0.1, 0.15) is 24.0 Å². The van der Waals surface area contributed by atoms with Crippen LogP contribution in [-0.2, 0) is 15.2 Å². The van der Waals surface area contributed by atoms with E-state index in [1.54, 1.807) is 6.92 Å². The summed E-state index contributed by atoms with van der Waals surface area (Å²) < 4.78 is 89.6. The molecule has 0 saturated carbocycles. The predicted octanol–water partition coefficient (Wildman–Crippen LogP) is 4.96. The Bertz CT molecular complexity index is 1070. The van der Waals surface area contributed by atoms with Gasteiger partial charge >= 0.3 is 6.18 Å². The minimum absolute atomic E-state index is 0.141. The van der Waals surface area contributed by atoms with E-state index in [-0.39, 0.29) is 30.4 Å². The van der Waals surface area contributed by atoms with E-state index in [9.17, 15) is 30.4 Å². The third kappa shape index (κ3) is 5.53. The maximum Gasteiger partial charge on any atom is 0.421 e. The van der Waals surface area contributed by atoms with Crippen molar-refractivity contribution in [3.05, 3.63) is 35.5 Å². The van der Waals surface area contributed by atoms with E-state index in [1.807, 2.05) is 0 Å². The number of hydrogen-bond donors (Lipinski definition) is 1.